The summed E-state index contributed by atoms with van der Waals surface area (Å²) in [6.45, 7) is 4.82. The predicted molar refractivity (Wildman–Crippen MR) is 45.1 cm³/mol. The summed E-state index contributed by atoms with van der Waals surface area (Å²) in [5, 5.41) is 12.2. The molecule has 0 aliphatic carbocycles. The highest BCUT2D eigenvalue weighted by Crippen LogP contribution is 2.05. The minimum Gasteiger partial charge on any atom is -0.395 e. The van der Waals surface area contributed by atoms with Crippen LogP contribution in [0.3, 0.4) is 0 Å². The molecule has 1 fully saturated rings. The van der Waals surface area contributed by atoms with Crippen molar-refractivity contribution in [1.82, 2.24) is 5.32 Å². The first-order chi connectivity index (χ1) is 5.88. The molecule has 12 heavy (non-hydrogen) atoms. The molecule has 1 aliphatic heterocycles. The van der Waals surface area contributed by atoms with E-state index in [9.17, 15) is 0 Å². The largest absolute Gasteiger partial charge is 0.395 e. The van der Waals surface area contributed by atoms with Crippen molar-refractivity contribution >= 4 is 0 Å². The summed E-state index contributed by atoms with van der Waals surface area (Å²) < 4.78 is 10.7. The van der Waals surface area contributed by atoms with Gasteiger partial charge in [0.15, 0.2) is 0 Å². The minimum absolute atomic E-state index is 0.00343. The molecule has 2 unspecified atom stereocenters. The Morgan fingerprint density at radius 1 is 1.58 bits per heavy atom. The molecule has 0 aromatic carbocycles. The summed E-state index contributed by atoms with van der Waals surface area (Å²) in [6, 6.07) is 0.00954. The molecule has 1 aliphatic rings. The molecule has 2 N–H and O–H groups in total. The van der Waals surface area contributed by atoms with E-state index in [1.807, 2.05) is 6.92 Å². The van der Waals surface area contributed by atoms with Crippen molar-refractivity contribution in [3.8, 4) is 0 Å². The maximum absolute atomic E-state index is 9.01. The maximum atomic E-state index is 9.01. The molecular weight excluding hydrogens is 158 g/mol. The second kappa shape index (κ2) is 5.48. The fourth-order valence-corrected chi connectivity index (χ4v) is 1.31. The van der Waals surface area contributed by atoms with Gasteiger partial charge in [0, 0.05) is 0 Å². The van der Waals surface area contributed by atoms with Gasteiger partial charge in [0.1, 0.15) is 0 Å². The molecule has 2 atom stereocenters. The van der Waals surface area contributed by atoms with Crippen molar-refractivity contribution in [1.29, 1.82) is 0 Å². The van der Waals surface area contributed by atoms with Crippen LogP contribution in [0, 0.1) is 0 Å². The molecule has 1 rings (SSSR count). The summed E-state index contributed by atoms with van der Waals surface area (Å²) in [6.07, 6.45) is 0.00343. The summed E-state index contributed by atoms with van der Waals surface area (Å²) in [5.74, 6) is 0. The Labute approximate surface area is 72.9 Å². The van der Waals surface area contributed by atoms with Crippen molar-refractivity contribution in [2.75, 3.05) is 33.0 Å². The number of nitrogens with one attached hydrogen (secondary N) is 1. The first kappa shape index (κ1) is 9.92. The van der Waals surface area contributed by atoms with E-state index in [1.54, 1.807) is 0 Å². The Hall–Kier alpha value is -0.160. The molecule has 1 heterocycles. The average Bonchev–Trinajstić information content (AvgIpc) is 2.15. The van der Waals surface area contributed by atoms with Gasteiger partial charge < -0.3 is 19.9 Å². The molecule has 0 aromatic heterocycles. The smallest absolute Gasteiger partial charge is 0.0984 e. The van der Waals surface area contributed by atoms with E-state index in [4.69, 9.17) is 14.6 Å². The van der Waals surface area contributed by atoms with Gasteiger partial charge in [-0.1, -0.05) is 6.92 Å². The van der Waals surface area contributed by atoms with E-state index in [-0.39, 0.29) is 18.8 Å². The van der Waals surface area contributed by atoms with Gasteiger partial charge in [-0.05, 0) is 6.54 Å². The molecule has 0 bridgehead atoms. The van der Waals surface area contributed by atoms with Crippen LogP contribution >= 0.6 is 0 Å². The molecule has 0 amide bonds. The van der Waals surface area contributed by atoms with Gasteiger partial charge in [-0.2, -0.15) is 0 Å². The summed E-state index contributed by atoms with van der Waals surface area (Å²) in [7, 11) is 0. The zero-order chi connectivity index (χ0) is 8.81. The Morgan fingerprint density at radius 3 is 2.92 bits per heavy atom. The topological polar surface area (TPSA) is 50.7 Å². The van der Waals surface area contributed by atoms with E-state index >= 15 is 0 Å². The van der Waals surface area contributed by atoms with Gasteiger partial charge in [0.05, 0.1) is 38.6 Å². The van der Waals surface area contributed by atoms with Crippen molar-refractivity contribution in [3.63, 3.8) is 0 Å². The third-order valence-corrected chi connectivity index (χ3v) is 1.95. The maximum Gasteiger partial charge on any atom is 0.0984 e. The minimum atomic E-state index is 0.00343. The van der Waals surface area contributed by atoms with Gasteiger partial charge in [-0.15, -0.1) is 0 Å². The van der Waals surface area contributed by atoms with Gasteiger partial charge in [-0.3, -0.25) is 0 Å². The molecule has 0 radical (unpaired) electrons. The molecule has 4 heteroatoms. The molecule has 4 nitrogen and oxygen atoms in total. The van der Waals surface area contributed by atoms with Crippen LogP contribution in [0.25, 0.3) is 0 Å². The Bertz CT molecular complexity index is 112. The quantitative estimate of drug-likeness (QED) is 0.597. The SMILES string of the molecule is CCNC(CO)C1COCCO1. The highest BCUT2D eigenvalue weighted by molar-refractivity contribution is 4.77. The Kier molecular flexibility index (Phi) is 4.53. The van der Waals surface area contributed by atoms with E-state index < -0.39 is 0 Å². The first-order valence-corrected chi connectivity index (χ1v) is 4.42. The number of hydrogen-bond donors (Lipinski definition) is 2. The van der Waals surface area contributed by atoms with Crippen molar-refractivity contribution in [3.05, 3.63) is 0 Å². The van der Waals surface area contributed by atoms with Gasteiger partial charge in [-0.25, -0.2) is 0 Å². The van der Waals surface area contributed by atoms with Crippen LogP contribution in [0.5, 0.6) is 0 Å². The van der Waals surface area contributed by atoms with Crippen molar-refractivity contribution in [2.45, 2.75) is 19.1 Å². The number of likely N-dealkylation sites (N-methyl/N-ethyl adjacent to an activating group) is 1. The summed E-state index contributed by atoms with van der Waals surface area (Å²) >= 11 is 0. The number of rotatable bonds is 4. The molecular formula is C8H17NO3. The second-order valence-corrected chi connectivity index (χ2v) is 2.83. The van der Waals surface area contributed by atoms with Gasteiger partial charge in [0.2, 0.25) is 0 Å². The van der Waals surface area contributed by atoms with Crippen LogP contribution in [0.4, 0.5) is 0 Å². The number of aliphatic hydroxyl groups is 1. The molecule has 72 valence electrons. The fraction of sp³-hybridized carbons (Fsp3) is 1.00. The zero-order valence-electron chi connectivity index (χ0n) is 7.45. The van der Waals surface area contributed by atoms with Crippen LogP contribution in [0.1, 0.15) is 6.92 Å². The lowest BCUT2D eigenvalue weighted by molar-refractivity contribution is -0.106. The number of ether oxygens (including phenoxy) is 2. The van der Waals surface area contributed by atoms with Gasteiger partial charge in [0.25, 0.3) is 0 Å². The number of aliphatic hydroxyl groups excluding tert-OH is 1. The molecule has 0 spiro atoms. The van der Waals surface area contributed by atoms with E-state index in [0.29, 0.717) is 19.8 Å². The van der Waals surface area contributed by atoms with Crippen LogP contribution in [0.15, 0.2) is 0 Å². The lowest BCUT2D eigenvalue weighted by atomic mass is 10.1. The van der Waals surface area contributed by atoms with E-state index in [0.717, 1.165) is 6.54 Å². The standard InChI is InChI=1S/C8H17NO3/c1-2-9-7(5-10)8-6-11-3-4-12-8/h7-10H,2-6H2,1H3. The predicted octanol–water partition coefficient (Wildman–Crippen LogP) is -0.628. The van der Waals surface area contributed by atoms with Crippen molar-refractivity contribution < 1.29 is 14.6 Å². The lowest BCUT2D eigenvalue weighted by Gasteiger charge is -2.29. The average molecular weight is 175 g/mol. The summed E-state index contributed by atoms with van der Waals surface area (Å²) in [5.41, 5.74) is 0. The molecule has 0 saturated carbocycles. The van der Waals surface area contributed by atoms with Crippen LogP contribution < -0.4 is 5.32 Å². The Morgan fingerprint density at radius 2 is 2.42 bits per heavy atom. The summed E-state index contributed by atoms with van der Waals surface area (Å²) in [4.78, 5) is 0. The highest BCUT2D eigenvalue weighted by Gasteiger charge is 2.23. The van der Waals surface area contributed by atoms with Gasteiger partial charge >= 0.3 is 0 Å². The monoisotopic (exact) mass is 175 g/mol. The Balaban J connectivity index is 2.29. The van der Waals surface area contributed by atoms with Crippen LogP contribution in [-0.2, 0) is 9.47 Å². The third kappa shape index (κ3) is 2.71. The second-order valence-electron chi connectivity index (χ2n) is 2.83. The highest BCUT2D eigenvalue weighted by atomic mass is 16.6. The van der Waals surface area contributed by atoms with Crippen molar-refractivity contribution in [2.24, 2.45) is 0 Å². The third-order valence-electron chi connectivity index (χ3n) is 1.95. The van der Waals surface area contributed by atoms with E-state index in [2.05, 4.69) is 5.32 Å². The first-order valence-electron chi connectivity index (χ1n) is 4.42. The van der Waals surface area contributed by atoms with E-state index in [1.165, 1.54) is 0 Å². The normalized spacial score (nSPS) is 27.0. The molecule has 1 saturated heterocycles. The lowest BCUT2D eigenvalue weighted by Crippen LogP contribution is -2.48. The van der Waals surface area contributed by atoms with Crippen LogP contribution in [-0.4, -0.2) is 50.2 Å². The van der Waals surface area contributed by atoms with Crippen LogP contribution in [0.2, 0.25) is 0 Å². The fourth-order valence-electron chi connectivity index (χ4n) is 1.31. The zero-order valence-corrected chi connectivity index (χ0v) is 7.45. The number of hydrogen-bond acceptors (Lipinski definition) is 4. The molecule has 0 aromatic rings.